The average Bonchev–Trinajstić information content (AvgIpc) is 3.35. The number of fused-ring (bicyclic) bond motifs is 1. The van der Waals surface area contributed by atoms with Crippen molar-refractivity contribution < 1.29 is 19.1 Å². The van der Waals surface area contributed by atoms with Crippen LogP contribution in [0.4, 0.5) is 5.82 Å². The summed E-state index contributed by atoms with van der Waals surface area (Å²) < 4.78 is 11.4. The van der Waals surface area contributed by atoms with Crippen molar-refractivity contribution in [1.29, 1.82) is 0 Å². The zero-order valence-electron chi connectivity index (χ0n) is 23.6. The molecule has 0 aliphatic carbocycles. The molecule has 41 heavy (non-hydrogen) atoms. The number of carbonyl (C=O) groups excluding carboxylic acids is 2. The topological polar surface area (TPSA) is 99.3 Å². The van der Waals surface area contributed by atoms with E-state index in [1.165, 1.54) is 0 Å². The molecule has 2 saturated heterocycles. The summed E-state index contributed by atoms with van der Waals surface area (Å²) in [7, 11) is 0. The van der Waals surface area contributed by atoms with Crippen LogP contribution in [-0.2, 0) is 11.3 Å². The minimum absolute atomic E-state index is 0.159. The van der Waals surface area contributed by atoms with Crippen LogP contribution < -0.4 is 20.3 Å². The highest BCUT2D eigenvalue weighted by Crippen LogP contribution is 2.30. The number of anilines is 1. The molecule has 3 aliphatic rings. The first-order chi connectivity index (χ1) is 20.1. The van der Waals surface area contributed by atoms with Gasteiger partial charge in [-0.25, -0.2) is 4.98 Å². The highest BCUT2D eigenvalue weighted by atomic mass is 16.5. The van der Waals surface area contributed by atoms with E-state index in [1.54, 1.807) is 35.2 Å². The van der Waals surface area contributed by atoms with E-state index in [4.69, 9.17) is 9.47 Å². The molecule has 2 fully saturated rings. The van der Waals surface area contributed by atoms with Gasteiger partial charge in [-0.2, -0.15) is 0 Å². The summed E-state index contributed by atoms with van der Waals surface area (Å²) in [6.45, 7) is 14.2. The van der Waals surface area contributed by atoms with Crippen molar-refractivity contribution in [3.63, 3.8) is 0 Å². The van der Waals surface area contributed by atoms with E-state index in [9.17, 15) is 9.59 Å². The number of hydrogen-bond donors (Lipinski definition) is 2. The van der Waals surface area contributed by atoms with Gasteiger partial charge >= 0.3 is 0 Å². The van der Waals surface area contributed by atoms with E-state index in [1.807, 2.05) is 31.2 Å². The van der Waals surface area contributed by atoms with E-state index >= 15 is 0 Å². The van der Waals surface area contributed by atoms with E-state index in [2.05, 4.69) is 32.0 Å². The Bertz CT molecular complexity index is 1330. The SMILES string of the molecule is C=C/C=C(\C(=C/C)NC(=O)c1cccc(N2Cc3ccc(OCCN4CCOCC4)cc3C2=O)n1)N1CCNCC1. The first-order valence-electron chi connectivity index (χ1n) is 14.2. The molecule has 2 N–H and O–H groups in total. The third-order valence-electron chi connectivity index (χ3n) is 7.46. The number of rotatable bonds is 10. The van der Waals surface area contributed by atoms with Crippen LogP contribution in [0.5, 0.6) is 5.75 Å². The van der Waals surface area contributed by atoms with Crippen LogP contribution in [0.2, 0.25) is 0 Å². The Hall–Kier alpha value is -3.99. The van der Waals surface area contributed by atoms with Gasteiger partial charge in [0.15, 0.2) is 0 Å². The van der Waals surface area contributed by atoms with Crippen molar-refractivity contribution in [2.45, 2.75) is 13.5 Å². The Morgan fingerprint density at radius 3 is 2.73 bits per heavy atom. The minimum Gasteiger partial charge on any atom is -0.492 e. The van der Waals surface area contributed by atoms with Crippen LogP contribution in [0.3, 0.4) is 0 Å². The van der Waals surface area contributed by atoms with Crippen molar-refractivity contribution in [2.75, 3.05) is 70.5 Å². The molecule has 0 saturated carbocycles. The van der Waals surface area contributed by atoms with E-state index in [0.717, 1.165) is 70.3 Å². The summed E-state index contributed by atoms with van der Waals surface area (Å²) in [6, 6.07) is 10.8. The van der Waals surface area contributed by atoms with Gasteiger partial charge in [0.2, 0.25) is 0 Å². The highest BCUT2D eigenvalue weighted by molar-refractivity contribution is 6.10. The number of pyridine rings is 1. The zero-order valence-corrected chi connectivity index (χ0v) is 23.6. The van der Waals surface area contributed by atoms with Crippen molar-refractivity contribution >= 4 is 17.6 Å². The molecule has 216 valence electrons. The number of ether oxygens (including phenoxy) is 2. The normalized spacial score (nSPS) is 18.3. The fourth-order valence-corrected chi connectivity index (χ4v) is 5.23. The Labute approximate surface area is 241 Å². The quantitative estimate of drug-likeness (QED) is 0.430. The molecule has 10 nitrogen and oxygen atoms in total. The third-order valence-corrected chi connectivity index (χ3v) is 7.46. The predicted molar refractivity (Wildman–Crippen MR) is 158 cm³/mol. The second kappa shape index (κ2) is 13.6. The summed E-state index contributed by atoms with van der Waals surface area (Å²) in [5.41, 5.74) is 3.32. The summed E-state index contributed by atoms with van der Waals surface area (Å²) in [4.78, 5) is 37.4. The van der Waals surface area contributed by atoms with Gasteiger partial charge in [-0.05, 0) is 42.8 Å². The van der Waals surface area contributed by atoms with Crippen molar-refractivity contribution in [3.05, 3.63) is 89.4 Å². The lowest BCUT2D eigenvalue weighted by atomic mass is 10.1. The zero-order chi connectivity index (χ0) is 28.6. The van der Waals surface area contributed by atoms with E-state index in [-0.39, 0.29) is 17.5 Å². The number of morpholine rings is 1. The van der Waals surface area contributed by atoms with Crippen LogP contribution >= 0.6 is 0 Å². The molecule has 0 spiro atoms. The minimum atomic E-state index is -0.342. The van der Waals surface area contributed by atoms with E-state index in [0.29, 0.717) is 36.0 Å². The number of allylic oxidation sites excluding steroid dienone is 3. The van der Waals surface area contributed by atoms with Gasteiger partial charge in [0, 0.05) is 51.4 Å². The number of nitrogens with zero attached hydrogens (tertiary/aromatic N) is 4. The summed E-state index contributed by atoms with van der Waals surface area (Å²) in [5.74, 6) is 0.595. The molecule has 10 heteroatoms. The van der Waals surface area contributed by atoms with Gasteiger partial charge in [-0.1, -0.05) is 30.9 Å². The van der Waals surface area contributed by atoms with Crippen molar-refractivity contribution in [3.8, 4) is 5.75 Å². The molecule has 2 amide bonds. The number of nitrogens with one attached hydrogen (secondary N) is 2. The summed E-state index contributed by atoms with van der Waals surface area (Å²) in [5, 5.41) is 6.36. The van der Waals surface area contributed by atoms with Gasteiger partial charge in [0.25, 0.3) is 11.8 Å². The Balaban J connectivity index is 1.24. The Morgan fingerprint density at radius 1 is 1.17 bits per heavy atom. The van der Waals surface area contributed by atoms with Crippen LogP contribution in [0.25, 0.3) is 0 Å². The van der Waals surface area contributed by atoms with Gasteiger partial charge in [-0.3, -0.25) is 19.4 Å². The van der Waals surface area contributed by atoms with Crippen LogP contribution in [0.1, 0.15) is 33.3 Å². The molecular formula is C31H38N6O4. The lowest BCUT2D eigenvalue weighted by molar-refractivity contribution is 0.0322. The standard InChI is InChI=1S/C31H38N6O4/c1-3-6-28(36-13-11-32-12-14-36)26(4-2)34-30(38)27-7-5-8-29(33-27)37-22-23-9-10-24(21-25(23)31(37)39)41-20-17-35-15-18-40-19-16-35/h3-10,21,32H,1,11-20,22H2,2H3,(H,34,38)/b26-4+,28-6+. The maximum absolute atomic E-state index is 13.4. The monoisotopic (exact) mass is 558 g/mol. The maximum atomic E-state index is 13.4. The molecule has 5 rings (SSSR count). The summed E-state index contributed by atoms with van der Waals surface area (Å²) >= 11 is 0. The van der Waals surface area contributed by atoms with Gasteiger partial charge in [-0.15, -0.1) is 0 Å². The second-order valence-corrected chi connectivity index (χ2v) is 10.1. The van der Waals surface area contributed by atoms with Crippen molar-refractivity contribution in [2.24, 2.45) is 0 Å². The van der Waals surface area contributed by atoms with Crippen LogP contribution in [0.15, 0.2) is 72.6 Å². The number of piperazine rings is 1. The first kappa shape index (κ1) is 28.5. The molecule has 1 aromatic carbocycles. The number of amides is 2. The first-order valence-corrected chi connectivity index (χ1v) is 14.2. The Morgan fingerprint density at radius 2 is 1.98 bits per heavy atom. The smallest absolute Gasteiger partial charge is 0.274 e. The molecule has 3 aliphatic heterocycles. The average molecular weight is 559 g/mol. The largest absolute Gasteiger partial charge is 0.492 e. The molecule has 0 unspecified atom stereocenters. The number of benzene rings is 1. The molecular weight excluding hydrogens is 520 g/mol. The molecule has 0 atom stereocenters. The lowest BCUT2D eigenvalue weighted by Crippen LogP contribution is -2.44. The predicted octanol–water partition coefficient (Wildman–Crippen LogP) is 2.56. The maximum Gasteiger partial charge on any atom is 0.274 e. The molecule has 0 radical (unpaired) electrons. The second-order valence-electron chi connectivity index (χ2n) is 10.1. The number of aromatic nitrogens is 1. The number of carbonyl (C=O) groups is 2. The fraction of sp³-hybridized carbons (Fsp3) is 0.387. The molecule has 1 aromatic heterocycles. The molecule has 4 heterocycles. The highest BCUT2D eigenvalue weighted by Gasteiger charge is 2.30. The van der Waals surface area contributed by atoms with E-state index < -0.39 is 0 Å². The molecule has 0 bridgehead atoms. The fourth-order valence-electron chi connectivity index (χ4n) is 5.23. The lowest BCUT2D eigenvalue weighted by Gasteiger charge is -2.32. The van der Waals surface area contributed by atoms with Gasteiger partial charge in [0.05, 0.1) is 31.2 Å². The third kappa shape index (κ3) is 6.84. The van der Waals surface area contributed by atoms with Gasteiger partial charge < -0.3 is 25.0 Å². The van der Waals surface area contributed by atoms with Crippen LogP contribution in [-0.4, -0.2) is 92.2 Å². The van der Waals surface area contributed by atoms with Crippen molar-refractivity contribution in [1.82, 2.24) is 25.4 Å². The summed E-state index contributed by atoms with van der Waals surface area (Å²) in [6.07, 6.45) is 5.51. The Kier molecular flexibility index (Phi) is 9.45. The number of hydrogen-bond acceptors (Lipinski definition) is 8. The van der Waals surface area contributed by atoms with Crippen LogP contribution in [0, 0.1) is 0 Å². The molecule has 2 aromatic rings. The van der Waals surface area contributed by atoms with Gasteiger partial charge in [0.1, 0.15) is 23.9 Å².